The maximum atomic E-state index is 10.00. The summed E-state index contributed by atoms with van der Waals surface area (Å²) in [6.07, 6.45) is 0. The standard InChI is InChI=1S/C31H33NO2SSi/c1-31(2,3)36(25-15-7-5-8-16-25,26-17-9-6-10-18-26)34-22-24-14-12-20-28-30(24)35-29-23(21-33)13-11-19-27(29)32(28)4/h5-20,33H,21-22H2,1-4H3. The maximum absolute atomic E-state index is 10.00. The van der Waals surface area contributed by atoms with Crippen molar-refractivity contribution in [2.75, 3.05) is 11.9 Å². The van der Waals surface area contributed by atoms with Crippen LogP contribution in [0.15, 0.2) is 107 Å². The van der Waals surface area contributed by atoms with Gasteiger partial charge in [0.15, 0.2) is 0 Å². The first-order chi connectivity index (χ1) is 17.4. The van der Waals surface area contributed by atoms with Crippen molar-refractivity contribution in [1.82, 2.24) is 0 Å². The van der Waals surface area contributed by atoms with Crippen LogP contribution < -0.4 is 15.3 Å². The molecule has 1 aliphatic heterocycles. The van der Waals surface area contributed by atoms with E-state index in [-0.39, 0.29) is 11.6 Å². The Morgan fingerprint density at radius 3 is 1.72 bits per heavy atom. The number of nitrogens with zero attached hydrogens (tertiary/aromatic N) is 1. The van der Waals surface area contributed by atoms with Crippen molar-refractivity contribution < 1.29 is 9.53 Å². The highest BCUT2D eigenvalue weighted by atomic mass is 32.2. The van der Waals surface area contributed by atoms with Gasteiger partial charge in [-0.05, 0) is 38.7 Å². The third-order valence-electron chi connectivity index (χ3n) is 7.11. The van der Waals surface area contributed by atoms with E-state index < -0.39 is 8.32 Å². The Kier molecular flexibility index (Phi) is 6.84. The molecule has 0 amide bonds. The molecule has 3 nitrogen and oxygen atoms in total. The zero-order valence-electron chi connectivity index (χ0n) is 21.4. The Labute approximate surface area is 219 Å². The number of hydrogen-bond acceptors (Lipinski definition) is 4. The second kappa shape index (κ2) is 9.90. The Balaban J connectivity index is 1.59. The van der Waals surface area contributed by atoms with Gasteiger partial charge in [-0.15, -0.1) is 0 Å². The molecule has 1 N–H and O–H groups in total. The summed E-state index contributed by atoms with van der Waals surface area (Å²) in [5.74, 6) is 0. The number of benzene rings is 4. The van der Waals surface area contributed by atoms with Crippen LogP contribution >= 0.6 is 11.8 Å². The van der Waals surface area contributed by atoms with E-state index in [1.165, 1.54) is 26.5 Å². The van der Waals surface area contributed by atoms with Gasteiger partial charge in [0.05, 0.1) is 24.6 Å². The minimum atomic E-state index is -2.65. The summed E-state index contributed by atoms with van der Waals surface area (Å²) in [5.41, 5.74) is 4.43. The van der Waals surface area contributed by atoms with Crippen LogP contribution in [0.25, 0.3) is 0 Å². The van der Waals surface area contributed by atoms with Crippen molar-refractivity contribution in [2.24, 2.45) is 0 Å². The first-order valence-electron chi connectivity index (χ1n) is 12.4. The average Bonchev–Trinajstić information content (AvgIpc) is 2.89. The molecule has 0 saturated heterocycles. The maximum Gasteiger partial charge on any atom is 0.261 e. The van der Waals surface area contributed by atoms with Crippen LogP contribution in [0.4, 0.5) is 11.4 Å². The van der Waals surface area contributed by atoms with Gasteiger partial charge in [0.25, 0.3) is 8.32 Å². The topological polar surface area (TPSA) is 32.7 Å². The molecule has 0 spiro atoms. The zero-order chi connectivity index (χ0) is 25.3. The lowest BCUT2D eigenvalue weighted by molar-refractivity contribution is 0.279. The minimum absolute atomic E-state index is 0.0279. The van der Waals surface area contributed by atoms with E-state index in [1.807, 2.05) is 12.1 Å². The zero-order valence-corrected chi connectivity index (χ0v) is 23.2. The summed E-state index contributed by atoms with van der Waals surface area (Å²) >= 11 is 1.75. The van der Waals surface area contributed by atoms with Crippen LogP contribution in [0.1, 0.15) is 31.9 Å². The molecule has 4 aromatic carbocycles. The first-order valence-corrected chi connectivity index (χ1v) is 15.1. The fraction of sp³-hybridized carbons (Fsp3) is 0.226. The predicted molar refractivity (Wildman–Crippen MR) is 153 cm³/mol. The normalized spacial score (nSPS) is 13.3. The molecule has 0 unspecified atom stereocenters. The molecule has 1 aliphatic rings. The highest BCUT2D eigenvalue weighted by molar-refractivity contribution is 7.99. The van der Waals surface area contributed by atoms with Crippen molar-refractivity contribution in [1.29, 1.82) is 0 Å². The molecule has 0 atom stereocenters. The van der Waals surface area contributed by atoms with E-state index in [9.17, 15) is 5.11 Å². The van der Waals surface area contributed by atoms with Crippen LogP contribution in [0.2, 0.25) is 5.04 Å². The molecule has 0 bridgehead atoms. The fourth-order valence-corrected chi connectivity index (χ4v) is 11.2. The summed E-state index contributed by atoms with van der Waals surface area (Å²) in [6, 6.07) is 34.2. The van der Waals surface area contributed by atoms with Crippen LogP contribution in [0.3, 0.4) is 0 Å². The number of anilines is 2. The molecule has 0 saturated carbocycles. The molecule has 0 radical (unpaired) electrons. The summed E-state index contributed by atoms with van der Waals surface area (Å²) in [4.78, 5) is 4.55. The van der Waals surface area contributed by atoms with E-state index in [0.29, 0.717) is 6.61 Å². The van der Waals surface area contributed by atoms with Gasteiger partial charge in [-0.1, -0.05) is 117 Å². The highest BCUT2D eigenvalue weighted by Gasteiger charge is 2.50. The van der Waals surface area contributed by atoms with Gasteiger partial charge in [0, 0.05) is 16.8 Å². The lowest BCUT2D eigenvalue weighted by Gasteiger charge is -2.43. The SMILES string of the molecule is CN1c2cccc(CO)c2Sc2c(CO[Si](c3ccccc3)(c3ccccc3)C(C)(C)C)cccc21. The van der Waals surface area contributed by atoms with Gasteiger partial charge in [0.2, 0.25) is 0 Å². The third-order valence-corrected chi connectivity index (χ3v) is 13.4. The van der Waals surface area contributed by atoms with Crippen molar-refractivity contribution in [3.05, 3.63) is 108 Å². The van der Waals surface area contributed by atoms with Crippen molar-refractivity contribution >= 4 is 41.8 Å². The molecule has 36 heavy (non-hydrogen) atoms. The van der Waals surface area contributed by atoms with Gasteiger partial charge in [0.1, 0.15) is 0 Å². The van der Waals surface area contributed by atoms with E-state index in [2.05, 4.69) is 118 Å². The highest BCUT2D eigenvalue weighted by Crippen LogP contribution is 2.50. The second-order valence-electron chi connectivity index (χ2n) is 10.3. The number of hydrogen-bond donors (Lipinski definition) is 1. The van der Waals surface area contributed by atoms with E-state index in [0.717, 1.165) is 16.1 Å². The molecule has 1 heterocycles. The van der Waals surface area contributed by atoms with Gasteiger partial charge in [-0.25, -0.2) is 0 Å². The predicted octanol–water partition coefficient (Wildman–Crippen LogP) is 6.49. The van der Waals surface area contributed by atoms with E-state index in [4.69, 9.17) is 4.43 Å². The molecule has 5 rings (SSSR count). The smallest absolute Gasteiger partial charge is 0.261 e. The molecular weight excluding hydrogens is 478 g/mol. The molecule has 5 heteroatoms. The Hall–Kier alpha value is -2.83. The van der Waals surface area contributed by atoms with Crippen LogP contribution in [-0.2, 0) is 17.6 Å². The summed E-state index contributed by atoms with van der Waals surface area (Å²) in [5, 5.41) is 12.5. The quantitative estimate of drug-likeness (QED) is 0.300. The van der Waals surface area contributed by atoms with Gasteiger partial charge in [-0.2, -0.15) is 0 Å². The molecule has 4 aromatic rings. The molecule has 184 valence electrons. The number of fused-ring (bicyclic) bond motifs is 2. The number of aliphatic hydroxyl groups is 1. The number of rotatable bonds is 6. The summed E-state index contributed by atoms with van der Waals surface area (Å²) in [7, 11) is -0.544. The minimum Gasteiger partial charge on any atom is -0.403 e. The van der Waals surface area contributed by atoms with Crippen LogP contribution in [0, 0.1) is 0 Å². The summed E-state index contributed by atoms with van der Waals surface area (Å²) in [6.45, 7) is 7.48. The van der Waals surface area contributed by atoms with Crippen LogP contribution in [0.5, 0.6) is 0 Å². The van der Waals surface area contributed by atoms with E-state index >= 15 is 0 Å². The summed E-state index contributed by atoms with van der Waals surface area (Å²) < 4.78 is 7.26. The van der Waals surface area contributed by atoms with Crippen molar-refractivity contribution in [2.45, 2.75) is 48.8 Å². The third kappa shape index (κ3) is 4.20. The molecule has 0 aromatic heterocycles. The fourth-order valence-electron chi connectivity index (χ4n) is 5.32. The van der Waals surface area contributed by atoms with Crippen molar-refractivity contribution in [3.63, 3.8) is 0 Å². The second-order valence-corrected chi connectivity index (χ2v) is 15.6. The van der Waals surface area contributed by atoms with E-state index in [1.54, 1.807) is 11.8 Å². The van der Waals surface area contributed by atoms with Gasteiger partial charge >= 0.3 is 0 Å². The first kappa shape index (κ1) is 24.8. The number of aliphatic hydroxyl groups excluding tert-OH is 1. The molecular formula is C31H33NO2SSi. The Morgan fingerprint density at radius 2 is 1.22 bits per heavy atom. The lowest BCUT2D eigenvalue weighted by atomic mass is 10.1. The van der Waals surface area contributed by atoms with Crippen molar-refractivity contribution in [3.8, 4) is 0 Å². The Bertz CT molecular complexity index is 1310. The lowest BCUT2D eigenvalue weighted by Crippen LogP contribution is -2.66. The monoisotopic (exact) mass is 511 g/mol. The van der Waals surface area contributed by atoms with Crippen LogP contribution in [-0.4, -0.2) is 20.5 Å². The average molecular weight is 512 g/mol. The largest absolute Gasteiger partial charge is 0.403 e. The Morgan fingerprint density at radius 1 is 0.722 bits per heavy atom. The molecule has 0 aliphatic carbocycles. The van der Waals surface area contributed by atoms with Gasteiger partial charge < -0.3 is 14.4 Å². The molecule has 0 fully saturated rings. The van der Waals surface area contributed by atoms with Gasteiger partial charge in [-0.3, -0.25) is 0 Å².